The highest BCUT2D eigenvalue weighted by atomic mass is 16.5. The Hall–Kier alpha value is -2.82. The second kappa shape index (κ2) is 7.43. The van der Waals surface area contributed by atoms with Crippen LogP contribution in [0.2, 0.25) is 0 Å². The van der Waals surface area contributed by atoms with Gasteiger partial charge in [-0.2, -0.15) is 0 Å². The predicted molar refractivity (Wildman–Crippen MR) is 104 cm³/mol. The first-order valence-corrected chi connectivity index (χ1v) is 9.54. The minimum atomic E-state index is -0.0686. The van der Waals surface area contributed by atoms with Crippen molar-refractivity contribution in [2.45, 2.75) is 32.7 Å². The molecule has 27 heavy (non-hydrogen) atoms. The Morgan fingerprint density at radius 2 is 1.89 bits per heavy atom. The van der Waals surface area contributed by atoms with Gasteiger partial charge in [0.1, 0.15) is 5.75 Å². The average Bonchev–Trinajstić information content (AvgIpc) is 2.70. The van der Waals surface area contributed by atoms with Gasteiger partial charge in [0.2, 0.25) is 0 Å². The molecule has 0 saturated carbocycles. The molecule has 0 bridgehead atoms. The molecule has 4 rings (SSSR count). The summed E-state index contributed by atoms with van der Waals surface area (Å²) in [5.74, 6) is 0.739. The summed E-state index contributed by atoms with van der Waals surface area (Å²) in [5, 5.41) is 0. The quantitative estimate of drug-likeness (QED) is 0.837. The molecule has 1 fully saturated rings. The van der Waals surface area contributed by atoms with Gasteiger partial charge in [-0.3, -0.25) is 9.59 Å². The number of ether oxygens (including phenoxy) is 1. The third kappa shape index (κ3) is 3.68. The lowest BCUT2D eigenvalue weighted by Crippen LogP contribution is -2.38. The van der Waals surface area contributed by atoms with E-state index in [1.165, 1.54) is 6.42 Å². The molecule has 0 aliphatic carbocycles. The van der Waals surface area contributed by atoms with Gasteiger partial charge >= 0.3 is 0 Å². The van der Waals surface area contributed by atoms with Crippen LogP contribution in [0.3, 0.4) is 0 Å². The molecule has 2 heterocycles. The van der Waals surface area contributed by atoms with Crippen LogP contribution in [0.4, 0.5) is 5.69 Å². The number of fused-ring (bicyclic) bond motifs is 1. The third-order valence-corrected chi connectivity index (χ3v) is 5.22. The molecular formula is C22H24N2O3. The second-order valence-electron chi connectivity index (χ2n) is 7.29. The Bertz CT molecular complexity index is 872. The molecule has 5 nitrogen and oxygen atoms in total. The van der Waals surface area contributed by atoms with Crippen molar-refractivity contribution in [3.05, 3.63) is 59.2 Å². The zero-order valence-electron chi connectivity index (χ0n) is 15.6. The number of likely N-dealkylation sites (tertiary alicyclic amines) is 1. The molecule has 0 atom stereocenters. The van der Waals surface area contributed by atoms with Gasteiger partial charge < -0.3 is 14.5 Å². The summed E-state index contributed by atoms with van der Waals surface area (Å²) in [6, 6.07) is 13.5. The monoisotopic (exact) mass is 364 g/mol. The van der Waals surface area contributed by atoms with Crippen LogP contribution in [0.15, 0.2) is 42.5 Å². The van der Waals surface area contributed by atoms with Crippen LogP contribution >= 0.6 is 0 Å². The summed E-state index contributed by atoms with van der Waals surface area (Å²) in [5.41, 5.74) is 3.50. The molecular weight excluding hydrogens is 340 g/mol. The number of hydrogen-bond donors (Lipinski definition) is 0. The Balaban J connectivity index is 1.57. The maximum absolute atomic E-state index is 12.8. The summed E-state index contributed by atoms with van der Waals surface area (Å²) < 4.78 is 5.55. The molecule has 1 saturated heterocycles. The second-order valence-corrected chi connectivity index (χ2v) is 7.29. The molecule has 0 N–H and O–H groups in total. The first-order valence-electron chi connectivity index (χ1n) is 9.54. The lowest BCUT2D eigenvalue weighted by atomic mass is 10.1. The summed E-state index contributed by atoms with van der Waals surface area (Å²) in [7, 11) is 0. The van der Waals surface area contributed by atoms with E-state index in [9.17, 15) is 9.59 Å². The van der Waals surface area contributed by atoms with Crippen molar-refractivity contribution in [2.24, 2.45) is 0 Å². The number of piperidine rings is 1. The zero-order valence-corrected chi connectivity index (χ0v) is 15.6. The molecule has 0 aromatic heterocycles. The topological polar surface area (TPSA) is 49.9 Å². The maximum atomic E-state index is 12.8. The van der Waals surface area contributed by atoms with Crippen molar-refractivity contribution in [1.82, 2.24) is 4.90 Å². The molecule has 140 valence electrons. The van der Waals surface area contributed by atoms with Crippen molar-refractivity contribution in [2.75, 3.05) is 24.6 Å². The van der Waals surface area contributed by atoms with Crippen LogP contribution in [0.5, 0.6) is 5.75 Å². The number of nitrogens with zero attached hydrogens (tertiary/aromatic N) is 2. The summed E-state index contributed by atoms with van der Waals surface area (Å²) in [6.45, 7) is 4.13. The van der Waals surface area contributed by atoms with Crippen LogP contribution in [0.25, 0.3) is 0 Å². The van der Waals surface area contributed by atoms with Crippen molar-refractivity contribution in [3.63, 3.8) is 0 Å². The predicted octanol–water partition coefficient (Wildman–Crippen LogP) is 3.55. The van der Waals surface area contributed by atoms with Crippen molar-refractivity contribution in [1.29, 1.82) is 0 Å². The number of benzene rings is 2. The largest absolute Gasteiger partial charge is 0.482 e. The fourth-order valence-electron chi connectivity index (χ4n) is 3.75. The Labute approximate surface area is 159 Å². The standard InChI is InChI=1S/C22H24N2O3/c1-16-8-9-20-19(12-16)24(21(25)15-27-20)14-17-6-5-7-18(13-17)22(26)23-10-3-2-4-11-23/h5-9,12-13H,2-4,10-11,14-15H2,1H3. The van der Waals surface area contributed by atoms with Crippen molar-refractivity contribution >= 4 is 17.5 Å². The fourth-order valence-corrected chi connectivity index (χ4v) is 3.75. The van der Waals surface area contributed by atoms with Crippen molar-refractivity contribution in [3.8, 4) is 5.75 Å². The minimum absolute atomic E-state index is 0.0441. The number of hydrogen-bond acceptors (Lipinski definition) is 3. The zero-order chi connectivity index (χ0) is 18.8. The van der Waals surface area contributed by atoms with Gasteiger partial charge in [0, 0.05) is 18.7 Å². The molecule has 5 heteroatoms. The van der Waals surface area contributed by atoms with Crippen molar-refractivity contribution < 1.29 is 14.3 Å². The highest BCUT2D eigenvalue weighted by Gasteiger charge is 2.26. The molecule has 0 unspecified atom stereocenters. The number of aryl methyl sites for hydroxylation is 1. The lowest BCUT2D eigenvalue weighted by Gasteiger charge is -2.30. The van der Waals surface area contributed by atoms with Gasteiger partial charge in [0.05, 0.1) is 12.2 Å². The van der Waals surface area contributed by atoms with E-state index in [-0.39, 0.29) is 18.4 Å². The van der Waals surface area contributed by atoms with E-state index in [1.54, 1.807) is 4.90 Å². The van der Waals surface area contributed by atoms with Gasteiger partial charge in [-0.15, -0.1) is 0 Å². The van der Waals surface area contributed by atoms with E-state index < -0.39 is 0 Å². The highest BCUT2D eigenvalue weighted by molar-refractivity contribution is 5.98. The third-order valence-electron chi connectivity index (χ3n) is 5.22. The van der Waals surface area contributed by atoms with E-state index in [0.717, 1.165) is 48.5 Å². The Kier molecular flexibility index (Phi) is 4.84. The molecule has 0 spiro atoms. The van der Waals surface area contributed by atoms with Gasteiger partial charge in [-0.25, -0.2) is 0 Å². The summed E-state index contributed by atoms with van der Waals surface area (Å²) in [6.07, 6.45) is 3.34. The Morgan fingerprint density at radius 3 is 2.70 bits per heavy atom. The van der Waals surface area contributed by atoms with Gasteiger partial charge in [0.25, 0.3) is 11.8 Å². The summed E-state index contributed by atoms with van der Waals surface area (Å²) in [4.78, 5) is 28.9. The first kappa shape index (κ1) is 17.6. The number of rotatable bonds is 3. The lowest BCUT2D eigenvalue weighted by molar-refractivity contribution is -0.121. The molecule has 2 amide bonds. The summed E-state index contributed by atoms with van der Waals surface area (Å²) >= 11 is 0. The van der Waals surface area contributed by atoms with Gasteiger partial charge in [-0.05, 0) is 61.6 Å². The van der Waals surface area contributed by atoms with Gasteiger partial charge in [-0.1, -0.05) is 18.2 Å². The van der Waals surface area contributed by atoms with Gasteiger partial charge in [0.15, 0.2) is 6.61 Å². The van der Waals surface area contributed by atoms with Crippen LogP contribution in [0, 0.1) is 6.92 Å². The number of anilines is 1. The van der Waals surface area contributed by atoms with E-state index in [0.29, 0.717) is 12.1 Å². The highest BCUT2D eigenvalue weighted by Crippen LogP contribution is 2.34. The molecule has 2 aliphatic heterocycles. The van der Waals surface area contributed by atoms with Crippen LogP contribution < -0.4 is 9.64 Å². The minimum Gasteiger partial charge on any atom is -0.482 e. The molecule has 2 aromatic carbocycles. The van der Waals surface area contributed by atoms with Crippen LogP contribution in [0.1, 0.15) is 40.7 Å². The normalized spacial score (nSPS) is 16.7. The number of carbonyl (C=O) groups is 2. The molecule has 2 aromatic rings. The average molecular weight is 364 g/mol. The first-order chi connectivity index (χ1) is 13.1. The maximum Gasteiger partial charge on any atom is 0.265 e. The number of amides is 2. The SMILES string of the molecule is Cc1ccc2c(c1)N(Cc1cccc(C(=O)N3CCCCC3)c1)C(=O)CO2. The molecule has 0 radical (unpaired) electrons. The Morgan fingerprint density at radius 1 is 1.07 bits per heavy atom. The van der Waals surface area contributed by atoms with E-state index in [2.05, 4.69) is 0 Å². The fraction of sp³-hybridized carbons (Fsp3) is 0.364. The molecule has 2 aliphatic rings. The van der Waals surface area contributed by atoms with Crippen LogP contribution in [-0.2, 0) is 11.3 Å². The van der Waals surface area contributed by atoms with Crippen LogP contribution in [-0.4, -0.2) is 36.4 Å². The number of carbonyl (C=O) groups excluding carboxylic acids is 2. The van der Waals surface area contributed by atoms with E-state index in [4.69, 9.17) is 4.74 Å². The van der Waals surface area contributed by atoms with E-state index >= 15 is 0 Å². The van der Waals surface area contributed by atoms with E-state index in [1.807, 2.05) is 54.3 Å². The smallest absolute Gasteiger partial charge is 0.265 e.